The van der Waals surface area contributed by atoms with Crippen molar-refractivity contribution in [1.82, 2.24) is 10.6 Å². The number of hydrogen-bond acceptors (Lipinski definition) is 5. The average Bonchev–Trinajstić information content (AvgIpc) is 2.51. The molecule has 0 radical (unpaired) electrons. The van der Waals surface area contributed by atoms with Crippen LogP contribution in [0.1, 0.15) is 16.8 Å². The molecular formula is C15H22ClN3O3. The predicted molar refractivity (Wildman–Crippen MR) is 86.5 cm³/mol. The van der Waals surface area contributed by atoms with Crippen LogP contribution in [0.15, 0.2) is 12.1 Å². The van der Waals surface area contributed by atoms with Crippen molar-refractivity contribution in [3.05, 3.63) is 22.7 Å². The smallest absolute Gasteiger partial charge is 0.255 e. The van der Waals surface area contributed by atoms with Crippen LogP contribution in [0.25, 0.3) is 0 Å². The number of carbonyl (C=O) groups is 1. The van der Waals surface area contributed by atoms with E-state index in [-0.39, 0.29) is 17.9 Å². The summed E-state index contributed by atoms with van der Waals surface area (Å²) in [4.78, 5) is 12.6. The van der Waals surface area contributed by atoms with Crippen molar-refractivity contribution in [2.24, 2.45) is 5.92 Å². The van der Waals surface area contributed by atoms with Gasteiger partial charge in [-0.2, -0.15) is 0 Å². The molecule has 1 aliphatic heterocycles. The van der Waals surface area contributed by atoms with Gasteiger partial charge in [-0.05, 0) is 19.0 Å². The summed E-state index contributed by atoms with van der Waals surface area (Å²) in [5, 5.41) is 6.70. The number of benzene rings is 1. The van der Waals surface area contributed by atoms with Gasteiger partial charge in [0.05, 0.1) is 30.0 Å². The molecule has 1 saturated heterocycles. The molecule has 1 aliphatic rings. The standard InChI is InChI=1S/C15H22ClN3O3/c1-21-8-9-7-18-4-3-13(9)19-15(20)10-5-11(16)12(17)6-14(10)22-2/h5-6,9,13,18H,3-4,7-8,17H2,1-2H3,(H,19,20). The first-order chi connectivity index (χ1) is 10.6. The topological polar surface area (TPSA) is 85.6 Å². The molecule has 4 N–H and O–H groups in total. The molecule has 1 aromatic rings. The molecule has 0 saturated carbocycles. The number of amides is 1. The number of piperidine rings is 1. The number of anilines is 1. The second kappa shape index (κ2) is 7.67. The van der Waals surface area contributed by atoms with Gasteiger partial charge in [0, 0.05) is 31.7 Å². The lowest BCUT2D eigenvalue weighted by molar-refractivity contribution is 0.0837. The third-order valence-corrected chi connectivity index (χ3v) is 4.20. The summed E-state index contributed by atoms with van der Waals surface area (Å²) in [6.45, 7) is 2.28. The Kier molecular flexibility index (Phi) is 5.88. The van der Waals surface area contributed by atoms with Crippen molar-refractivity contribution in [3.8, 4) is 5.75 Å². The van der Waals surface area contributed by atoms with Gasteiger partial charge in [-0.3, -0.25) is 4.79 Å². The van der Waals surface area contributed by atoms with Crippen LogP contribution in [-0.4, -0.2) is 45.9 Å². The molecule has 2 unspecified atom stereocenters. The lowest BCUT2D eigenvalue weighted by Crippen LogP contribution is -2.51. The van der Waals surface area contributed by atoms with Crippen LogP contribution in [-0.2, 0) is 4.74 Å². The molecule has 1 fully saturated rings. The zero-order valence-electron chi connectivity index (χ0n) is 12.8. The van der Waals surface area contributed by atoms with Gasteiger partial charge in [-0.25, -0.2) is 0 Å². The van der Waals surface area contributed by atoms with Gasteiger partial charge < -0.3 is 25.8 Å². The van der Waals surface area contributed by atoms with Crippen LogP contribution in [0.5, 0.6) is 5.75 Å². The summed E-state index contributed by atoms with van der Waals surface area (Å²) >= 11 is 6.02. The number of ether oxygens (including phenoxy) is 2. The number of nitrogens with one attached hydrogen (secondary N) is 2. The van der Waals surface area contributed by atoms with Gasteiger partial charge in [0.1, 0.15) is 5.75 Å². The molecule has 7 heteroatoms. The number of rotatable bonds is 5. The lowest BCUT2D eigenvalue weighted by atomic mass is 9.93. The van der Waals surface area contributed by atoms with Gasteiger partial charge in [-0.1, -0.05) is 11.6 Å². The van der Waals surface area contributed by atoms with Crippen LogP contribution in [0.3, 0.4) is 0 Å². The van der Waals surface area contributed by atoms with E-state index in [1.165, 1.54) is 13.2 Å². The monoisotopic (exact) mass is 327 g/mol. The molecule has 122 valence electrons. The Morgan fingerprint density at radius 3 is 2.95 bits per heavy atom. The van der Waals surface area contributed by atoms with E-state index in [0.29, 0.717) is 28.6 Å². The Bertz CT molecular complexity index is 537. The normalized spacial score (nSPS) is 21.4. The largest absolute Gasteiger partial charge is 0.496 e. The fraction of sp³-hybridized carbons (Fsp3) is 0.533. The molecule has 2 atom stereocenters. The Morgan fingerprint density at radius 1 is 1.50 bits per heavy atom. The quantitative estimate of drug-likeness (QED) is 0.709. The Labute approximate surface area is 135 Å². The van der Waals surface area contributed by atoms with Crippen molar-refractivity contribution in [2.45, 2.75) is 12.5 Å². The molecule has 6 nitrogen and oxygen atoms in total. The Hall–Kier alpha value is -1.50. The van der Waals surface area contributed by atoms with E-state index in [4.69, 9.17) is 26.8 Å². The highest BCUT2D eigenvalue weighted by atomic mass is 35.5. The summed E-state index contributed by atoms with van der Waals surface area (Å²) in [6, 6.07) is 3.15. The zero-order chi connectivity index (χ0) is 16.1. The summed E-state index contributed by atoms with van der Waals surface area (Å²) in [7, 11) is 3.16. The van der Waals surface area contributed by atoms with E-state index in [2.05, 4.69) is 10.6 Å². The summed E-state index contributed by atoms with van der Waals surface area (Å²) in [5.41, 5.74) is 6.51. The molecule has 0 spiro atoms. The van der Waals surface area contributed by atoms with Crippen LogP contribution in [0.2, 0.25) is 5.02 Å². The van der Waals surface area contributed by atoms with Crippen molar-refractivity contribution >= 4 is 23.2 Å². The minimum Gasteiger partial charge on any atom is -0.496 e. The Morgan fingerprint density at radius 2 is 2.27 bits per heavy atom. The molecule has 1 amide bonds. The number of carbonyl (C=O) groups excluding carboxylic acids is 1. The van der Waals surface area contributed by atoms with Crippen molar-refractivity contribution in [1.29, 1.82) is 0 Å². The second-order valence-corrected chi connectivity index (χ2v) is 5.77. The molecule has 0 aromatic heterocycles. The molecule has 2 rings (SSSR count). The van der Waals surface area contributed by atoms with Crippen LogP contribution >= 0.6 is 11.6 Å². The molecule has 1 aromatic carbocycles. The van der Waals surface area contributed by atoms with E-state index in [0.717, 1.165) is 19.5 Å². The molecule has 0 aliphatic carbocycles. The minimum absolute atomic E-state index is 0.0507. The van der Waals surface area contributed by atoms with Gasteiger partial charge >= 0.3 is 0 Å². The fourth-order valence-corrected chi connectivity index (χ4v) is 2.83. The number of halogens is 1. The highest BCUT2D eigenvalue weighted by Crippen LogP contribution is 2.29. The van der Waals surface area contributed by atoms with E-state index < -0.39 is 0 Å². The number of methoxy groups -OCH3 is 2. The molecule has 1 heterocycles. The zero-order valence-corrected chi connectivity index (χ0v) is 13.6. The van der Waals surface area contributed by atoms with Crippen molar-refractivity contribution in [3.63, 3.8) is 0 Å². The highest BCUT2D eigenvalue weighted by molar-refractivity contribution is 6.33. The molecular weight excluding hydrogens is 306 g/mol. The van der Waals surface area contributed by atoms with Crippen LogP contribution in [0, 0.1) is 5.92 Å². The maximum absolute atomic E-state index is 12.6. The summed E-state index contributed by atoms with van der Waals surface area (Å²) in [5.74, 6) is 0.432. The lowest BCUT2D eigenvalue weighted by Gasteiger charge is -2.32. The second-order valence-electron chi connectivity index (χ2n) is 5.36. The van der Waals surface area contributed by atoms with Gasteiger partial charge in [0.2, 0.25) is 0 Å². The Balaban J connectivity index is 2.15. The first-order valence-corrected chi connectivity index (χ1v) is 7.58. The first kappa shape index (κ1) is 16.9. The molecule has 22 heavy (non-hydrogen) atoms. The summed E-state index contributed by atoms with van der Waals surface area (Å²) in [6.07, 6.45) is 0.852. The van der Waals surface area contributed by atoms with Gasteiger partial charge in [0.25, 0.3) is 5.91 Å². The van der Waals surface area contributed by atoms with E-state index in [1.54, 1.807) is 13.2 Å². The highest BCUT2D eigenvalue weighted by Gasteiger charge is 2.27. The third kappa shape index (κ3) is 3.82. The van der Waals surface area contributed by atoms with Crippen LogP contribution < -0.4 is 21.1 Å². The van der Waals surface area contributed by atoms with Gasteiger partial charge in [-0.15, -0.1) is 0 Å². The van der Waals surface area contributed by atoms with Crippen molar-refractivity contribution in [2.75, 3.05) is 39.6 Å². The number of nitrogen functional groups attached to an aromatic ring is 1. The summed E-state index contributed by atoms with van der Waals surface area (Å²) < 4.78 is 10.5. The average molecular weight is 328 g/mol. The van der Waals surface area contributed by atoms with E-state index in [1.807, 2.05) is 0 Å². The molecule has 0 bridgehead atoms. The van der Waals surface area contributed by atoms with E-state index >= 15 is 0 Å². The number of hydrogen-bond donors (Lipinski definition) is 3. The fourth-order valence-electron chi connectivity index (χ4n) is 2.66. The number of nitrogens with two attached hydrogens (primary N) is 1. The first-order valence-electron chi connectivity index (χ1n) is 7.20. The SMILES string of the molecule is COCC1CNCCC1NC(=O)c1cc(Cl)c(N)cc1OC. The van der Waals surface area contributed by atoms with E-state index in [9.17, 15) is 4.79 Å². The third-order valence-electron chi connectivity index (χ3n) is 3.87. The maximum atomic E-state index is 12.6. The van der Waals surface area contributed by atoms with Gasteiger partial charge in [0.15, 0.2) is 0 Å². The van der Waals surface area contributed by atoms with Crippen LogP contribution in [0.4, 0.5) is 5.69 Å². The maximum Gasteiger partial charge on any atom is 0.255 e. The van der Waals surface area contributed by atoms with Crippen molar-refractivity contribution < 1.29 is 14.3 Å². The predicted octanol–water partition coefficient (Wildman–Crippen LogP) is 1.29. The minimum atomic E-state index is -0.216.